The third-order valence-electron chi connectivity index (χ3n) is 4.46. The summed E-state index contributed by atoms with van der Waals surface area (Å²) in [7, 11) is -4.00. The van der Waals surface area contributed by atoms with Gasteiger partial charge in [0.15, 0.2) is 0 Å². The fourth-order valence-electron chi connectivity index (χ4n) is 2.47. The van der Waals surface area contributed by atoms with Gasteiger partial charge >= 0.3 is 0 Å². The summed E-state index contributed by atoms with van der Waals surface area (Å²) >= 11 is 6.21. The molecular weight excluding hydrogens is 396 g/mol. The first kappa shape index (κ1) is 22.0. The van der Waals surface area contributed by atoms with E-state index in [0.29, 0.717) is 5.69 Å². The molecule has 1 unspecified atom stereocenters. The minimum Gasteiger partial charge on any atom is -0.349 e. The van der Waals surface area contributed by atoms with Gasteiger partial charge in [-0.15, -0.1) is 6.58 Å². The van der Waals surface area contributed by atoms with Crippen LogP contribution in [0.3, 0.4) is 0 Å². The number of nitrogens with zero attached hydrogens (tertiary/aromatic N) is 1. The number of halogens is 1. The molecule has 0 heterocycles. The van der Waals surface area contributed by atoms with Gasteiger partial charge in [0.25, 0.3) is 15.9 Å². The van der Waals surface area contributed by atoms with E-state index < -0.39 is 10.0 Å². The van der Waals surface area contributed by atoms with Crippen molar-refractivity contribution in [3.8, 4) is 0 Å². The number of hydrogen-bond donors (Lipinski definition) is 1. The monoisotopic (exact) mass is 420 g/mol. The van der Waals surface area contributed by atoms with Gasteiger partial charge in [-0.3, -0.25) is 9.10 Å². The first-order chi connectivity index (χ1) is 13.2. The Morgan fingerprint density at radius 1 is 1.18 bits per heavy atom. The van der Waals surface area contributed by atoms with Crippen LogP contribution >= 0.6 is 11.6 Å². The number of benzene rings is 2. The predicted molar refractivity (Wildman–Crippen MR) is 114 cm³/mol. The second-order valence-electron chi connectivity index (χ2n) is 6.81. The molecule has 2 aromatic carbocycles. The molecule has 0 aromatic heterocycles. The average Bonchev–Trinajstić information content (AvgIpc) is 2.66. The highest BCUT2D eigenvalue weighted by atomic mass is 35.5. The van der Waals surface area contributed by atoms with Crippen molar-refractivity contribution in [3.05, 3.63) is 71.8 Å². The number of rotatable bonds is 8. The quantitative estimate of drug-likeness (QED) is 0.639. The molecule has 2 aromatic rings. The first-order valence-corrected chi connectivity index (χ1v) is 10.8. The van der Waals surface area contributed by atoms with Crippen molar-refractivity contribution >= 4 is 33.2 Å². The summed E-state index contributed by atoms with van der Waals surface area (Å²) in [6.07, 6.45) is 1.50. The van der Waals surface area contributed by atoms with Gasteiger partial charge in [-0.1, -0.05) is 49.7 Å². The summed E-state index contributed by atoms with van der Waals surface area (Å²) in [6, 6.07) is 12.9. The lowest BCUT2D eigenvalue weighted by Crippen LogP contribution is -2.36. The Hall–Kier alpha value is -2.31. The maximum atomic E-state index is 13.3. The zero-order valence-corrected chi connectivity index (χ0v) is 17.8. The Balaban J connectivity index is 2.47. The van der Waals surface area contributed by atoms with Gasteiger partial charge in [-0.2, -0.15) is 0 Å². The van der Waals surface area contributed by atoms with E-state index in [4.69, 9.17) is 11.6 Å². The van der Waals surface area contributed by atoms with E-state index in [1.54, 1.807) is 30.3 Å². The van der Waals surface area contributed by atoms with Crippen molar-refractivity contribution in [1.82, 2.24) is 5.32 Å². The van der Waals surface area contributed by atoms with Crippen molar-refractivity contribution in [3.63, 3.8) is 0 Å². The smallest absolute Gasteiger partial charge is 0.266 e. The Morgan fingerprint density at radius 3 is 2.39 bits per heavy atom. The van der Waals surface area contributed by atoms with E-state index in [9.17, 15) is 13.2 Å². The molecule has 0 saturated heterocycles. The lowest BCUT2D eigenvalue weighted by molar-refractivity contribution is 0.0930. The van der Waals surface area contributed by atoms with Gasteiger partial charge in [-0.05, 0) is 43.2 Å². The van der Waals surface area contributed by atoms with Gasteiger partial charge < -0.3 is 5.32 Å². The summed E-state index contributed by atoms with van der Waals surface area (Å²) < 4.78 is 27.8. The van der Waals surface area contributed by atoms with Crippen LogP contribution in [0.5, 0.6) is 0 Å². The van der Waals surface area contributed by atoms with Crippen molar-refractivity contribution in [2.75, 3.05) is 10.8 Å². The number of carbonyl (C=O) groups is 1. The molecule has 0 aliphatic carbocycles. The largest absolute Gasteiger partial charge is 0.349 e. The Bertz CT molecular complexity index is 943. The van der Waals surface area contributed by atoms with Gasteiger partial charge in [-0.25, -0.2) is 8.42 Å². The molecule has 1 atom stereocenters. The molecule has 0 fully saturated rings. The Morgan fingerprint density at radius 2 is 1.82 bits per heavy atom. The molecule has 0 aliphatic heterocycles. The lowest BCUT2D eigenvalue weighted by atomic mass is 10.1. The third-order valence-corrected chi connectivity index (χ3v) is 6.73. The van der Waals surface area contributed by atoms with Crippen LogP contribution in [-0.4, -0.2) is 26.9 Å². The molecule has 1 amide bonds. The van der Waals surface area contributed by atoms with E-state index >= 15 is 0 Å². The SMILES string of the molecule is C=CCN(c1ccccc1)S(=O)(=O)c1cc(C(=O)NC(C)C(C)C)ccc1Cl. The molecule has 1 N–H and O–H groups in total. The topological polar surface area (TPSA) is 66.5 Å². The highest BCUT2D eigenvalue weighted by Crippen LogP contribution is 2.29. The third kappa shape index (κ3) is 4.94. The van der Waals surface area contributed by atoms with E-state index in [1.165, 1.54) is 28.6 Å². The molecule has 0 radical (unpaired) electrons. The summed E-state index contributed by atoms with van der Waals surface area (Å²) in [5.41, 5.74) is 0.726. The van der Waals surface area contributed by atoms with Crippen molar-refractivity contribution in [1.29, 1.82) is 0 Å². The maximum absolute atomic E-state index is 13.3. The average molecular weight is 421 g/mol. The van der Waals surface area contributed by atoms with E-state index in [2.05, 4.69) is 11.9 Å². The summed E-state index contributed by atoms with van der Waals surface area (Å²) in [4.78, 5) is 12.4. The van der Waals surface area contributed by atoms with Gasteiger partial charge in [0, 0.05) is 11.6 Å². The standard InChI is InChI=1S/C21H25ClN2O3S/c1-5-13-24(18-9-7-6-8-10-18)28(26,27)20-14-17(11-12-19(20)22)21(25)23-16(4)15(2)3/h5-12,14-16H,1,13H2,2-4H3,(H,23,25). The van der Waals surface area contributed by atoms with Gasteiger partial charge in [0.2, 0.25) is 0 Å². The summed E-state index contributed by atoms with van der Waals surface area (Å²) in [5.74, 6) is -0.0927. The number of nitrogens with one attached hydrogen (secondary N) is 1. The fraction of sp³-hybridized carbons (Fsp3) is 0.286. The molecule has 28 heavy (non-hydrogen) atoms. The van der Waals surface area contributed by atoms with Crippen molar-refractivity contribution in [2.24, 2.45) is 5.92 Å². The maximum Gasteiger partial charge on any atom is 0.266 e. The second-order valence-corrected chi connectivity index (χ2v) is 9.05. The highest BCUT2D eigenvalue weighted by molar-refractivity contribution is 7.93. The van der Waals surface area contributed by atoms with E-state index in [0.717, 1.165) is 0 Å². The second kappa shape index (κ2) is 9.26. The summed E-state index contributed by atoms with van der Waals surface area (Å²) in [6.45, 7) is 9.61. The van der Waals surface area contributed by atoms with Crippen LogP contribution in [-0.2, 0) is 10.0 Å². The molecule has 5 nitrogen and oxygen atoms in total. The number of anilines is 1. The normalized spacial score (nSPS) is 12.5. The predicted octanol–water partition coefficient (Wildman–Crippen LogP) is 4.50. The van der Waals surface area contributed by atoms with Gasteiger partial charge in [0.1, 0.15) is 4.90 Å². The van der Waals surface area contributed by atoms with Crippen molar-refractivity contribution in [2.45, 2.75) is 31.7 Å². The zero-order valence-electron chi connectivity index (χ0n) is 16.2. The van der Waals surface area contributed by atoms with Gasteiger partial charge in [0.05, 0.1) is 17.3 Å². The molecule has 0 saturated carbocycles. The fourth-order valence-corrected chi connectivity index (χ4v) is 4.41. The first-order valence-electron chi connectivity index (χ1n) is 8.97. The minimum atomic E-state index is -4.00. The number of para-hydroxylation sites is 1. The zero-order chi connectivity index (χ0) is 20.9. The Labute approximate surface area is 172 Å². The lowest BCUT2D eigenvalue weighted by Gasteiger charge is -2.24. The van der Waals surface area contributed by atoms with Crippen LogP contribution in [0.15, 0.2) is 66.1 Å². The van der Waals surface area contributed by atoms with E-state index in [-0.39, 0.29) is 39.9 Å². The van der Waals surface area contributed by atoms with Crippen LogP contribution in [0, 0.1) is 5.92 Å². The summed E-state index contributed by atoms with van der Waals surface area (Å²) in [5, 5.41) is 2.93. The number of amides is 1. The molecule has 7 heteroatoms. The molecule has 0 spiro atoms. The molecule has 2 rings (SSSR count). The molecular formula is C21H25ClN2O3S. The number of sulfonamides is 1. The Kier molecular flexibility index (Phi) is 7.27. The molecule has 0 bridgehead atoms. The number of hydrogen-bond acceptors (Lipinski definition) is 3. The van der Waals surface area contributed by atoms with Crippen LogP contribution < -0.4 is 9.62 Å². The molecule has 0 aliphatic rings. The van der Waals surface area contributed by atoms with Crippen molar-refractivity contribution < 1.29 is 13.2 Å². The van der Waals surface area contributed by atoms with Crippen LogP contribution in [0.1, 0.15) is 31.1 Å². The van der Waals surface area contributed by atoms with E-state index in [1.807, 2.05) is 20.8 Å². The van der Waals surface area contributed by atoms with Crippen LogP contribution in [0.2, 0.25) is 5.02 Å². The van der Waals surface area contributed by atoms with Crippen LogP contribution in [0.4, 0.5) is 5.69 Å². The molecule has 150 valence electrons. The highest BCUT2D eigenvalue weighted by Gasteiger charge is 2.27. The van der Waals surface area contributed by atoms with Crippen LogP contribution in [0.25, 0.3) is 0 Å². The number of carbonyl (C=O) groups excluding carboxylic acids is 1. The minimum absolute atomic E-state index is 0.0511.